The molecular formula is C19H25IN6O. The van der Waals surface area contributed by atoms with Crippen LogP contribution in [0.15, 0.2) is 52.1 Å². The van der Waals surface area contributed by atoms with Gasteiger partial charge in [-0.3, -0.25) is 4.99 Å². The zero-order chi connectivity index (χ0) is 18.4. The molecule has 2 heterocycles. The molecule has 0 aliphatic rings. The molecule has 2 aromatic heterocycles. The summed E-state index contributed by atoms with van der Waals surface area (Å²) in [5.41, 5.74) is 2.15. The first-order valence-corrected chi connectivity index (χ1v) is 8.57. The number of aliphatic imine (C=N–C) groups is 1. The Morgan fingerprint density at radius 1 is 1.15 bits per heavy atom. The number of rotatable bonds is 6. The Hall–Kier alpha value is -2.36. The fraction of sp³-hybridized carbons (Fsp3) is 0.316. The monoisotopic (exact) mass is 480 g/mol. The summed E-state index contributed by atoms with van der Waals surface area (Å²) in [6, 6.07) is 10.3. The van der Waals surface area contributed by atoms with Gasteiger partial charge in [0.1, 0.15) is 11.6 Å². The van der Waals surface area contributed by atoms with Crippen molar-refractivity contribution in [1.82, 2.24) is 25.2 Å². The normalized spacial score (nSPS) is 11.1. The molecule has 0 aliphatic heterocycles. The van der Waals surface area contributed by atoms with Crippen LogP contribution in [0, 0.1) is 13.8 Å². The summed E-state index contributed by atoms with van der Waals surface area (Å²) in [6.07, 6.45) is 3.80. The number of hydrogen-bond donors (Lipinski definition) is 2. The molecule has 1 aromatic carbocycles. The van der Waals surface area contributed by atoms with Gasteiger partial charge in [0.2, 0.25) is 5.89 Å². The van der Waals surface area contributed by atoms with Gasteiger partial charge in [0.25, 0.3) is 0 Å². The number of oxazole rings is 1. The number of aryl methyl sites for hydroxylation is 2. The molecule has 0 spiro atoms. The first-order chi connectivity index (χ1) is 12.7. The second-order valence-corrected chi connectivity index (χ2v) is 5.99. The maximum atomic E-state index is 5.57. The molecular weight excluding hydrogens is 455 g/mol. The van der Waals surface area contributed by atoms with Crippen LogP contribution in [0.1, 0.15) is 28.7 Å². The van der Waals surface area contributed by atoms with E-state index in [1.165, 1.54) is 5.56 Å². The average molecular weight is 480 g/mol. The highest BCUT2D eigenvalue weighted by molar-refractivity contribution is 14.0. The maximum absolute atomic E-state index is 5.57. The molecule has 7 nitrogen and oxygen atoms in total. The highest BCUT2D eigenvalue weighted by Crippen LogP contribution is 2.08. The summed E-state index contributed by atoms with van der Waals surface area (Å²) < 4.78 is 7.69. The molecule has 0 saturated heterocycles. The van der Waals surface area contributed by atoms with Crippen molar-refractivity contribution in [2.75, 3.05) is 7.05 Å². The fourth-order valence-corrected chi connectivity index (χ4v) is 2.59. The van der Waals surface area contributed by atoms with Gasteiger partial charge in [-0.1, -0.05) is 30.3 Å². The van der Waals surface area contributed by atoms with E-state index in [1.807, 2.05) is 44.4 Å². The molecule has 0 unspecified atom stereocenters. The zero-order valence-electron chi connectivity index (χ0n) is 15.8. The summed E-state index contributed by atoms with van der Waals surface area (Å²) >= 11 is 0. The highest BCUT2D eigenvalue weighted by atomic mass is 127. The Morgan fingerprint density at radius 3 is 2.56 bits per heavy atom. The number of nitrogens with zero attached hydrogens (tertiary/aromatic N) is 4. The molecule has 0 saturated carbocycles. The molecule has 3 rings (SSSR count). The Bertz CT molecular complexity index is 852. The van der Waals surface area contributed by atoms with Gasteiger partial charge in [-0.05, 0) is 19.4 Å². The van der Waals surface area contributed by atoms with Gasteiger partial charge in [-0.15, -0.1) is 24.0 Å². The van der Waals surface area contributed by atoms with E-state index in [0.717, 1.165) is 23.8 Å². The molecule has 2 N–H and O–H groups in total. The third-order valence-electron chi connectivity index (χ3n) is 4.11. The van der Waals surface area contributed by atoms with Crippen molar-refractivity contribution in [3.63, 3.8) is 0 Å². The summed E-state index contributed by atoms with van der Waals surface area (Å²) in [7, 11) is 1.73. The Kier molecular flexibility index (Phi) is 7.83. The summed E-state index contributed by atoms with van der Waals surface area (Å²) in [4.78, 5) is 13.0. The van der Waals surface area contributed by atoms with Crippen molar-refractivity contribution in [3.8, 4) is 0 Å². The van der Waals surface area contributed by atoms with E-state index in [-0.39, 0.29) is 24.0 Å². The van der Waals surface area contributed by atoms with Crippen molar-refractivity contribution in [2.24, 2.45) is 4.99 Å². The van der Waals surface area contributed by atoms with Gasteiger partial charge >= 0.3 is 0 Å². The van der Waals surface area contributed by atoms with Crippen molar-refractivity contribution < 1.29 is 4.42 Å². The van der Waals surface area contributed by atoms with E-state index in [1.54, 1.807) is 7.05 Å². The predicted octanol–water partition coefficient (Wildman–Crippen LogP) is 3.02. The minimum absolute atomic E-state index is 0. The molecule has 0 radical (unpaired) electrons. The molecule has 3 aromatic rings. The quantitative estimate of drug-likeness (QED) is 0.322. The second kappa shape index (κ2) is 10.1. The van der Waals surface area contributed by atoms with E-state index >= 15 is 0 Å². The Labute approximate surface area is 176 Å². The lowest BCUT2D eigenvalue weighted by Crippen LogP contribution is -2.37. The molecule has 0 amide bonds. The topological polar surface area (TPSA) is 80.3 Å². The van der Waals surface area contributed by atoms with Crippen LogP contribution >= 0.6 is 24.0 Å². The molecule has 0 bridgehead atoms. The molecule has 144 valence electrons. The van der Waals surface area contributed by atoms with Crippen LogP contribution < -0.4 is 10.6 Å². The smallest absolute Gasteiger partial charge is 0.214 e. The van der Waals surface area contributed by atoms with Gasteiger partial charge in [-0.2, -0.15) is 0 Å². The largest absolute Gasteiger partial charge is 0.444 e. The molecule has 8 heteroatoms. The molecule has 0 fully saturated rings. The van der Waals surface area contributed by atoms with Crippen molar-refractivity contribution in [3.05, 3.63) is 71.5 Å². The number of guanidine groups is 1. The van der Waals surface area contributed by atoms with Gasteiger partial charge in [0.05, 0.1) is 18.8 Å². The lowest BCUT2D eigenvalue weighted by molar-refractivity contribution is 0.463. The average Bonchev–Trinajstić information content (AvgIpc) is 3.22. The van der Waals surface area contributed by atoms with E-state index < -0.39 is 0 Å². The third kappa shape index (κ3) is 5.81. The van der Waals surface area contributed by atoms with E-state index in [2.05, 4.69) is 42.3 Å². The van der Waals surface area contributed by atoms with Crippen LogP contribution in [0.3, 0.4) is 0 Å². The maximum Gasteiger partial charge on any atom is 0.214 e. The number of aromatic nitrogens is 3. The van der Waals surface area contributed by atoms with Crippen molar-refractivity contribution in [2.45, 2.75) is 33.5 Å². The third-order valence-corrected chi connectivity index (χ3v) is 4.11. The van der Waals surface area contributed by atoms with Crippen LogP contribution in [0.5, 0.6) is 0 Å². The van der Waals surface area contributed by atoms with Gasteiger partial charge in [0, 0.05) is 26.0 Å². The minimum Gasteiger partial charge on any atom is -0.444 e. The predicted molar refractivity (Wildman–Crippen MR) is 116 cm³/mol. The van der Waals surface area contributed by atoms with Gasteiger partial charge in [-0.25, -0.2) is 9.97 Å². The number of imidazole rings is 1. The van der Waals surface area contributed by atoms with E-state index in [4.69, 9.17) is 4.42 Å². The lowest BCUT2D eigenvalue weighted by atomic mass is 10.2. The van der Waals surface area contributed by atoms with Gasteiger partial charge in [0.15, 0.2) is 5.96 Å². The lowest BCUT2D eigenvalue weighted by Gasteiger charge is -2.12. The Balaban J connectivity index is 0.00000261. The summed E-state index contributed by atoms with van der Waals surface area (Å²) in [6.45, 7) is 5.68. The first kappa shape index (κ1) is 20.9. The highest BCUT2D eigenvalue weighted by Gasteiger charge is 2.08. The molecule has 0 aliphatic carbocycles. The zero-order valence-corrected chi connectivity index (χ0v) is 18.1. The van der Waals surface area contributed by atoms with Crippen LogP contribution in [0.25, 0.3) is 0 Å². The standard InChI is InChI=1S/C19H24N6O.HI/c1-14-15(2)26-18(24-14)12-23-19(20-3)22-11-17-21-9-10-25(17)13-16-7-5-4-6-8-16;/h4-10H,11-13H2,1-3H3,(H2,20,22,23);1H. The fourth-order valence-electron chi connectivity index (χ4n) is 2.59. The van der Waals surface area contributed by atoms with Crippen LogP contribution in [0.2, 0.25) is 0 Å². The SMILES string of the molecule is CN=C(NCc1nc(C)c(C)o1)NCc1nccn1Cc1ccccc1.I. The number of halogens is 1. The van der Waals surface area contributed by atoms with Crippen molar-refractivity contribution in [1.29, 1.82) is 0 Å². The van der Waals surface area contributed by atoms with Crippen LogP contribution in [-0.2, 0) is 19.6 Å². The molecule has 0 atom stereocenters. The van der Waals surface area contributed by atoms with Gasteiger partial charge < -0.3 is 19.6 Å². The second-order valence-electron chi connectivity index (χ2n) is 5.99. The van der Waals surface area contributed by atoms with Crippen LogP contribution in [0.4, 0.5) is 0 Å². The minimum atomic E-state index is 0. The number of benzene rings is 1. The van der Waals surface area contributed by atoms with E-state index in [9.17, 15) is 0 Å². The molecule has 27 heavy (non-hydrogen) atoms. The Morgan fingerprint density at radius 2 is 1.89 bits per heavy atom. The summed E-state index contributed by atoms with van der Waals surface area (Å²) in [5, 5.41) is 6.48. The van der Waals surface area contributed by atoms with Crippen molar-refractivity contribution >= 4 is 29.9 Å². The number of hydrogen-bond acceptors (Lipinski definition) is 4. The van der Waals surface area contributed by atoms with E-state index in [0.29, 0.717) is 24.9 Å². The van der Waals surface area contributed by atoms with Crippen LogP contribution in [-0.4, -0.2) is 27.5 Å². The summed E-state index contributed by atoms with van der Waals surface area (Å²) in [5.74, 6) is 3.11. The number of nitrogens with one attached hydrogen (secondary N) is 2. The first-order valence-electron chi connectivity index (χ1n) is 8.57.